The molecule has 1 unspecified atom stereocenters. The van der Waals surface area contributed by atoms with Crippen molar-refractivity contribution in [3.8, 4) is 0 Å². The molecule has 0 aliphatic heterocycles. The third kappa shape index (κ3) is 34.9. The van der Waals surface area contributed by atoms with Gasteiger partial charge in [0.1, 0.15) is 0 Å². The Kier molecular flexibility index (Phi) is 39.9. The fraction of sp³-hybridized carbons (Fsp3) is 0.974. The average molecular weight is 602 g/mol. The Morgan fingerprint density at radius 3 is 0.881 bits per heavy atom. The molecule has 246 valence electrons. The largest absolute Gasteiger partial charge is 1.00 e. The second kappa shape index (κ2) is 37.6. The van der Waals surface area contributed by atoms with Crippen LogP contribution in [0.15, 0.2) is 0 Å². The van der Waals surface area contributed by atoms with E-state index in [0.29, 0.717) is 0 Å². The minimum absolute atomic E-state index is 0. The van der Waals surface area contributed by atoms with Crippen LogP contribution < -0.4 is 34.7 Å². The third-order valence-corrected chi connectivity index (χ3v) is 9.18. The maximum absolute atomic E-state index is 11.2. The summed E-state index contributed by atoms with van der Waals surface area (Å²) in [4.78, 5) is 13.6. The Morgan fingerprint density at radius 1 is 0.452 bits per heavy atom. The smallest absolute Gasteiger partial charge is 0.550 e. The molecule has 0 saturated carbocycles. The number of nitrogens with zero attached hydrogens (tertiary/aromatic N) is 1. The van der Waals surface area contributed by atoms with Gasteiger partial charge in [-0.2, -0.15) is 0 Å². The van der Waals surface area contributed by atoms with Crippen molar-refractivity contribution in [2.75, 3.05) is 13.1 Å². The van der Waals surface area contributed by atoms with Crippen molar-refractivity contribution in [1.82, 2.24) is 4.90 Å². The van der Waals surface area contributed by atoms with Gasteiger partial charge in [0.05, 0.1) is 0 Å². The van der Waals surface area contributed by atoms with Gasteiger partial charge >= 0.3 is 29.6 Å². The second-order valence-electron chi connectivity index (χ2n) is 13.4. The molecule has 0 bridgehead atoms. The Balaban J connectivity index is 0. The van der Waals surface area contributed by atoms with Crippen LogP contribution in [0.25, 0.3) is 0 Å². The maximum atomic E-state index is 11.2. The summed E-state index contributed by atoms with van der Waals surface area (Å²) in [5.41, 5.74) is 0. The Morgan fingerprint density at radius 2 is 0.667 bits per heavy atom. The van der Waals surface area contributed by atoms with E-state index < -0.39 is 5.97 Å². The number of carbonyl (C=O) groups is 1. The summed E-state index contributed by atoms with van der Waals surface area (Å²) >= 11 is 0. The van der Waals surface area contributed by atoms with Crippen LogP contribution in [-0.4, -0.2) is 30.0 Å². The molecule has 0 amide bonds. The fourth-order valence-corrected chi connectivity index (χ4v) is 6.30. The molecule has 0 aliphatic rings. The standard InChI is InChI=1S/C38H77NO2.Na/c1-4-6-8-10-12-14-16-18-20-22-24-26-28-30-32-34-39(37(3)36-38(40)41)35-33-31-29-27-25-23-21-19-17-15-13-11-9-7-5-2;/h37H,4-36H2,1-3H3,(H,40,41);/q;+1/p-1. The summed E-state index contributed by atoms with van der Waals surface area (Å²) in [6.07, 6.45) is 41.7. The first-order chi connectivity index (χ1) is 20.1. The SMILES string of the molecule is CCCCCCCCCCCCCCCCCN(CCCCCCCCCCCCCCCCC)C(C)CC(=O)[O-].[Na+]. The van der Waals surface area contributed by atoms with Gasteiger partial charge in [0.15, 0.2) is 0 Å². The maximum Gasteiger partial charge on any atom is 1.00 e. The van der Waals surface area contributed by atoms with E-state index in [4.69, 9.17) is 0 Å². The molecule has 0 heterocycles. The number of hydrogen-bond donors (Lipinski definition) is 0. The zero-order valence-corrected chi connectivity index (χ0v) is 31.7. The van der Waals surface area contributed by atoms with Gasteiger partial charge in [-0.05, 0) is 32.9 Å². The number of hydrogen-bond acceptors (Lipinski definition) is 3. The van der Waals surface area contributed by atoms with E-state index in [1.165, 1.54) is 193 Å². The van der Waals surface area contributed by atoms with E-state index in [1.54, 1.807) is 0 Å². The molecule has 1 atom stereocenters. The van der Waals surface area contributed by atoms with Gasteiger partial charge in [-0.1, -0.05) is 194 Å². The van der Waals surface area contributed by atoms with Gasteiger partial charge in [-0.3, -0.25) is 0 Å². The van der Waals surface area contributed by atoms with Crippen molar-refractivity contribution in [2.24, 2.45) is 0 Å². The second-order valence-corrected chi connectivity index (χ2v) is 13.4. The quantitative estimate of drug-likeness (QED) is 0.0540. The first kappa shape index (κ1) is 44.6. The van der Waals surface area contributed by atoms with E-state index in [2.05, 4.69) is 25.7 Å². The van der Waals surface area contributed by atoms with Gasteiger partial charge in [0, 0.05) is 18.4 Å². The molecule has 0 aromatic carbocycles. The molecule has 0 N–H and O–H groups in total. The molecule has 0 aromatic heterocycles. The summed E-state index contributed by atoms with van der Waals surface area (Å²) in [5.74, 6) is -0.907. The number of aliphatic carboxylic acids is 1. The zero-order chi connectivity index (χ0) is 30.1. The van der Waals surface area contributed by atoms with Crippen LogP contribution in [0.5, 0.6) is 0 Å². The van der Waals surface area contributed by atoms with Crippen LogP contribution in [0.1, 0.15) is 220 Å². The average Bonchev–Trinajstić information content (AvgIpc) is 2.95. The monoisotopic (exact) mass is 602 g/mol. The zero-order valence-electron chi connectivity index (χ0n) is 29.7. The number of rotatable bonds is 35. The van der Waals surface area contributed by atoms with Gasteiger partial charge in [-0.15, -0.1) is 0 Å². The van der Waals surface area contributed by atoms with Crippen LogP contribution in [0.4, 0.5) is 0 Å². The molecule has 0 rings (SSSR count). The van der Waals surface area contributed by atoms with Crippen LogP contribution in [0.2, 0.25) is 0 Å². The summed E-state index contributed by atoms with van der Waals surface area (Å²) in [6.45, 7) is 8.75. The van der Waals surface area contributed by atoms with Gasteiger partial charge < -0.3 is 14.8 Å². The Hall–Kier alpha value is 0.430. The van der Waals surface area contributed by atoms with Gasteiger partial charge in [0.25, 0.3) is 0 Å². The number of carboxylic acids is 1. The molecule has 0 fully saturated rings. The Labute approximate surface area is 287 Å². The van der Waals surface area contributed by atoms with Crippen LogP contribution in [0.3, 0.4) is 0 Å². The molecule has 0 aromatic rings. The fourth-order valence-electron chi connectivity index (χ4n) is 6.30. The molecule has 0 radical (unpaired) electrons. The minimum Gasteiger partial charge on any atom is -0.550 e. The predicted octanol–water partition coefficient (Wildman–Crippen LogP) is 8.56. The van der Waals surface area contributed by atoms with Crippen LogP contribution in [0, 0.1) is 0 Å². The first-order valence-corrected chi connectivity index (χ1v) is 19.1. The topological polar surface area (TPSA) is 43.4 Å². The molecule has 0 saturated heterocycles. The van der Waals surface area contributed by atoms with E-state index in [9.17, 15) is 9.90 Å². The van der Waals surface area contributed by atoms with E-state index >= 15 is 0 Å². The number of carboxylic acid groups (broad SMARTS) is 1. The molecule has 3 nitrogen and oxygen atoms in total. The summed E-state index contributed by atoms with van der Waals surface area (Å²) in [6, 6.07) is 0.0956. The summed E-state index contributed by atoms with van der Waals surface area (Å²) < 4.78 is 0. The number of carbonyl (C=O) groups excluding carboxylic acids is 1. The van der Waals surface area contributed by atoms with Crippen molar-refractivity contribution in [3.63, 3.8) is 0 Å². The van der Waals surface area contributed by atoms with E-state index in [1.807, 2.05) is 0 Å². The summed E-state index contributed by atoms with van der Waals surface area (Å²) in [5, 5.41) is 11.2. The normalized spacial score (nSPS) is 12.1. The number of unbranched alkanes of at least 4 members (excludes halogenated alkanes) is 28. The molecule has 0 spiro atoms. The molecule has 4 heteroatoms. The third-order valence-electron chi connectivity index (χ3n) is 9.18. The predicted molar refractivity (Wildman–Crippen MR) is 181 cm³/mol. The Bertz CT molecular complexity index is 481. The van der Waals surface area contributed by atoms with E-state index in [0.717, 1.165) is 13.1 Å². The van der Waals surface area contributed by atoms with Crippen LogP contribution in [-0.2, 0) is 4.79 Å². The molecular weight excluding hydrogens is 525 g/mol. The van der Waals surface area contributed by atoms with E-state index in [-0.39, 0.29) is 42.0 Å². The van der Waals surface area contributed by atoms with Crippen molar-refractivity contribution in [3.05, 3.63) is 0 Å². The minimum atomic E-state index is -0.907. The van der Waals surface area contributed by atoms with Gasteiger partial charge in [-0.25, -0.2) is 0 Å². The van der Waals surface area contributed by atoms with Crippen molar-refractivity contribution >= 4 is 5.97 Å². The molecular formula is C38H76NNaO2. The van der Waals surface area contributed by atoms with Crippen molar-refractivity contribution < 1.29 is 39.5 Å². The molecule has 0 aliphatic carbocycles. The first-order valence-electron chi connectivity index (χ1n) is 19.1. The van der Waals surface area contributed by atoms with Crippen molar-refractivity contribution in [1.29, 1.82) is 0 Å². The molecule has 42 heavy (non-hydrogen) atoms. The summed E-state index contributed by atoms with van der Waals surface area (Å²) in [7, 11) is 0. The van der Waals surface area contributed by atoms with Crippen molar-refractivity contribution in [2.45, 2.75) is 226 Å². The van der Waals surface area contributed by atoms with Gasteiger partial charge in [0.2, 0.25) is 0 Å². The van der Waals surface area contributed by atoms with Crippen LogP contribution >= 0.6 is 0 Å².